The number of benzene rings is 2. The monoisotopic (exact) mass is 537 g/mol. The molecule has 0 saturated carbocycles. The second kappa shape index (κ2) is 10.2. The molecule has 0 aromatic heterocycles. The molecule has 1 saturated heterocycles. The van der Waals surface area contributed by atoms with E-state index in [1.807, 2.05) is 4.90 Å². The van der Waals surface area contributed by atoms with Gasteiger partial charge in [0.2, 0.25) is 0 Å². The van der Waals surface area contributed by atoms with Crippen LogP contribution in [0.15, 0.2) is 42.5 Å². The van der Waals surface area contributed by atoms with Crippen molar-refractivity contribution < 1.29 is 14.3 Å². The predicted octanol–water partition coefficient (Wildman–Crippen LogP) is 4.30. The van der Waals surface area contributed by atoms with Gasteiger partial charge in [-0.2, -0.15) is 0 Å². The summed E-state index contributed by atoms with van der Waals surface area (Å²) >= 11 is 7.36. The third-order valence-electron chi connectivity index (χ3n) is 5.10. The lowest BCUT2D eigenvalue weighted by molar-refractivity contribution is 0.0697. The molecule has 158 valence electrons. The van der Waals surface area contributed by atoms with Crippen molar-refractivity contribution in [2.75, 3.05) is 25.5 Å². The van der Waals surface area contributed by atoms with Gasteiger partial charge in [-0.15, -0.1) is 0 Å². The van der Waals surface area contributed by atoms with Crippen molar-refractivity contribution in [2.45, 2.75) is 19.8 Å². The van der Waals surface area contributed by atoms with Crippen molar-refractivity contribution in [3.05, 3.63) is 57.2 Å². The van der Waals surface area contributed by atoms with Gasteiger partial charge in [0.1, 0.15) is 5.75 Å². The normalized spacial score (nSPS) is 14.2. The molecule has 0 aliphatic carbocycles. The predicted molar refractivity (Wildman–Crippen MR) is 130 cm³/mol. The highest BCUT2D eigenvalue weighted by molar-refractivity contribution is 14.1. The summed E-state index contributed by atoms with van der Waals surface area (Å²) in [6.45, 7) is 3.83. The minimum atomic E-state index is -0.306. The number of carbonyl (C=O) groups is 2. The van der Waals surface area contributed by atoms with Crippen LogP contribution in [-0.2, 0) is 0 Å². The highest BCUT2D eigenvalue weighted by atomic mass is 127. The number of amides is 2. The van der Waals surface area contributed by atoms with Crippen LogP contribution < -0.4 is 15.4 Å². The highest BCUT2D eigenvalue weighted by Gasteiger charge is 2.21. The number of nitrogens with one attached hydrogen (secondary N) is 2. The maximum Gasteiger partial charge on any atom is 0.257 e. The average molecular weight is 537 g/mol. The Hall–Kier alpha value is -2.20. The highest BCUT2D eigenvalue weighted by Crippen LogP contribution is 2.22. The molecule has 0 unspecified atom stereocenters. The fourth-order valence-electron chi connectivity index (χ4n) is 3.24. The number of anilines is 1. The van der Waals surface area contributed by atoms with E-state index in [4.69, 9.17) is 17.0 Å². The van der Waals surface area contributed by atoms with Crippen LogP contribution in [0.25, 0.3) is 0 Å². The van der Waals surface area contributed by atoms with E-state index in [0.29, 0.717) is 28.5 Å². The van der Waals surface area contributed by atoms with E-state index in [1.165, 1.54) is 0 Å². The Morgan fingerprint density at radius 2 is 1.73 bits per heavy atom. The number of thiocarbonyl (C=S) groups is 1. The Morgan fingerprint density at radius 1 is 1.10 bits per heavy atom. The molecule has 0 radical (unpaired) electrons. The summed E-state index contributed by atoms with van der Waals surface area (Å²) in [5, 5.41) is 5.83. The Bertz CT molecular complexity index is 941. The summed E-state index contributed by atoms with van der Waals surface area (Å²) in [6, 6.07) is 12.3. The molecule has 1 aliphatic rings. The molecule has 0 bridgehead atoms. The van der Waals surface area contributed by atoms with Gasteiger partial charge in [-0.3, -0.25) is 14.9 Å². The number of likely N-dealkylation sites (tertiary alicyclic amines) is 1. The standard InChI is InChI=1S/C22H24IN3O3S/c1-14-9-11-26(12-10-14)21(28)15-3-6-17(7-4-15)24-22(30)25-20(27)16-5-8-19(29-2)18(23)13-16/h3-8,13-14H,9-12H2,1-2H3,(H2,24,25,27,30). The lowest BCUT2D eigenvalue weighted by Gasteiger charge is -2.30. The summed E-state index contributed by atoms with van der Waals surface area (Å²) in [4.78, 5) is 26.9. The van der Waals surface area contributed by atoms with E-state index in [2.05, 4.69) is 40.1 Å². The van der Waals surface area contributed by atoms with Gasteiger partial charge in [0.25, 0.3) is 11.8 Å². The second-order valence-electron chi connectivity index (χ2n) is 7.31. The SMILES string of the molecule is COc1ccc(C(=O)NC(=S)Nc2ccc(C(=O)N3CCC(C)CC3)cc2)cc1I. The van der Waals surface area contributed by atoms with Crippen LogP contribution in [0.3, 0.4) is 0 Å². The van der Waals surface area contributed by atoms with Crippen LogP contribution in [-0.4, -0.2) is 42.0 Å². The molecule has 8 heteroatoms. The van der Waals surface area contributed by atoms with Crippen LogP contribution in [0, 0.1) is 9.49 Å². The quantitative estimate of drug-likeness (QED) is 0.450. The summed E-state index contributed by atoms with van der Waals surface area (Å²) in [5.41, 5.74) is 1.84. The zero-order chi connectivity index (χ0) is 21.7. The van der Waals surface area contributed by atoms with Crippen molar-refractivity contribution >= 4 is 57.4 Å². The maximum atomic E-state index is 12.6. The van der Waals surface area contributed by atoms with E-state index >= 15 is 0 Å². The lowest BCUT2D eigenvalue weighted by atomic mass is 9.98. The van der Waals surface area contributed by atoms with E-state index in [0.717, 1.165) is 29.5 Å². The average Bonchev–Trinajstić information content (AvgIpc) is 2.74. The first-order valence-corrected chi connectivity index (χ1v) is 11.2. The van der Waals surface area contributed by atoms with Crippen LogP contribution >= 0.6 is 34.8 Å². The Morgan fingerprint density at radius 3 is 2.33 bits per heavy atom. The van der Waals surface area contributed by atoms with Gasteiger partial charge in [-0.1, -0.05) is 6.92 Å². The first kappa shape index (κ1) is 22.5. The summed E-state index contributed by atoms with van der Waals surface area (Å²) in [5.74, 6) is 1.14. The van der Waals surface area contributed by atoms with Gasteiger partial charge in [-0.25, -0.2) is 0 Å². The molecule has 1 heterocycles. The number of methoxy groups -OCH3 is 1. The third kappa shape index (κ3) is 5.69. The number of nitrogens with zero attached hydrogens (tertiary/aromatic N) is 1. The maximum absolute atomic E-state index is 12.6. The molecule has 1 aliphatic heterocycles. The number of hydrogen-bond donors (Lipinski definition) is 2. The van der Waals surface area contributed by atoms with Crippen molar-refractivity contribution in [3.8, 4) is 5.75 Å². The first-order chi connectivity index (χ1) is 14.4. The Labute approximate surface area is 195 Å². The lowest BCUT2D eigenvalue weighted by Crippen LogP contribution is -2.37. The molecule has 3 rings (SSSR count). The minimum Gasteiger partial charge on any atom is -0.496 e. The fourth-order valence-corrected chi connectivity index (χ4v) is 4.18. The molecule has 2 aromatic rings. The zero-order valence-electron chi connectivity index (χ0n) is 16.9. The largest absolute Gasteiger partial charge is 0.496 e. The van der Waals surface area contributed by atoms with Gasteiger partial charge in [-0.05, 0) is 96.0 Å². The topological polar surface area (TPSA) is 70.7 Å². The molecule has 30 heavy (non-hydrogen) atoms. The van der Waals surface area contributed by atoms with Crippen molar-refractivity contribution in [2.24, 2.45) is 5.92 Å². The van der Waals surface area contributed by atoms with E-state index in [-0.39, 0.29) is 16.9 Å². The fraction of sp³-hybridized carbons (Fsp3) is 0.318. The number of rotatable bonds is 4. The van der Waals surface area contributed by atoms with Crippen molar-refractivity contribution in [1.29, 1.82) is 0 Å². The molecule has 0 atom stereocenters. The summed E-state index contributed by atoms with van der Waals surface area (Å²) in [7, 11) is 1.59. The van der Waals surface area contributed by atoms with Gasteiger partial charge < -0.3 is 15.0 Å². The van der Waals surface area contributed by atoms with Crippen LogP contribution in [0.2, 0.25) is 0 Å². The molecule has 1 fully saturated rings. The van der Waals surface area contributed by atoms with Crippen molar-refractivity contribution in [1.82, 2.24) is 10.2 Å². The van der Waals surface area contributed by atoms with Crippen LogP contribution in [0.4, 0.5) is 5.69 Å². The number of carbonyl (C=O) groups excluding carboxylic acids is 2. The Balaban J connectivity index is 1.56. The summed E-state index contributed by atoms with van der Waals surface area (Å²) < 4.78 is 6.04. The van der Waals surface area contributed by atoms with Crippen molar-refractivity contribution in [3.63, 3.8) is 0 Å². The number of halogens is 1. The molecular weight excluding hydrogens is 513 g/mol. The molecule has 0 spiro atoms. The van der Waals surface area contributed by atoms with E-state index in [9.17, 15) is 9.59 Å². The van der Waals surface area contributed by atoms with Gasteiger partial charge in [0, 0.05) is 29.9 Å². The smallest absolute Gasteiger partial charge is 0.257 e. The molecule has 6 nitrogen and oxygen atoms in total. The van der Waals surface area contributed by atoms with Gasteiger partial charge >= 0.3 is 0 Å². The molecule has 2 aromatic carbocycles. The molecule has 2 N–H and O–H groups in total. The first-order valence-electron chi connectivity index (χ1n) is 9.72. The second-order valence-corrected chi connectivity index (χ2v) is 8.88. The van der Waals surface area contributed by atoms with E-state index in [1.54, 1.807) is 49.6 Å². The van der Waals surface area contributed by atoms with Gasteiger partial charge in [0.15, 0.2) is 5.11 Å². The molecule has 2 amide bonds. The number of piperidine rings is 1. The summed E-state index contributed by atoms with van der Waals surface area (Å²) in [6.07, 6.45) is 2.10. The number of ether oxygens (including phenoxy) is 1. The van der Waals surface area contributed by atoms with Crippen LogP contribution in [0.5, 0.6) is 5.75 Å². The molecular formula is C22H24IN3O3S. The third-order valence-corrected chi connectivity index (χ3v) is 6.15. The van der Waals surface area contributed by atoms with Gasteiger partial charge in [0.05, 0.1) is 10.7 Å². The van der Waals surface area contributed by atoms with E-state index < -0.39 is 0 Å². The zero-order valence-corrected chi connectivity index (χ0v) is 19.9. The minimum absolute atomic E-state index is 0.0541. The number of hydrogen-bond acceptors (Lipinski definition) is 4. The Kier molecular flexibility index (Phi) is 7.65. The van der Waals surface area contributed by atoms with Crippen LogP contribution in [0.1, 0.15) is 40.5 Å².